The zero-order chi connectivity index (χ0) is 35.9. The lowest BCUT2D eigenvalue weighted by Gasteiger charge is -2.36. The fourth-order valence-corrected chi connectivity index (χ4v) is 5.86. The minimum atomic E-state index is -0.0779. The molecular weight excluding hydrogens is 658 g/mol. The minimum Gasteiger partial charge on any atom is -0.396 e. The summed E-state index contributed by atoms with van der Waals surface area (Å²) < 4.78 is 36.7. The molecule has 0 radical (unpaired) electrons. The van der Waals surface area contributed by atoms with E-state index in [0.29, 0.717) is 92.4 Å². The van der Waals surface area contributed by atoms with E-state index in [0.717, 1.165) is 73.6 Å². The van der Waals surface area contributed by atoms with Crippen molar-refractivity contribution in [3.63, 3.8) is 0 Å². The number of anilines is 2. The Morgan fingerprint density at radius 1 is 0.882 bits per heavy atom. The number of hydrogen-bond acceptors (Lipinski definition) is 13. The Bertz CT molecular complexity index is 1440. The summed E-state index contributed by atoms with van der Waals surface area (Å²) in [7, 11) is 1.89. The maximum Gasteiger partial charge on any atom is 0.250 e. The van der Waals surface area contributed by atoms with Crippen LogP contribution in [0.1, 0.15) is 43.7 Å². The zero-order valence-electron chi connectivity index (χ0n) is 30.6. The molecule has 3 aromatic heterocycles. The van der Waals surface area contributed by atoms with Crippen molar-refractivity contribution >= 4 is 17.3 Å². The summed E-state index contributed by atoms with van der Waals surface area (Å²) in [4.78, 5) is 19.9. The first-order valence-corrected chi connectivity index (χ1v) is 18.4. The molecule has 15 nitrogen and oxygen atoms in total. The molecule has 0 aliphatic carbocycles. The third-order valence-electron chi connectivity index (χ3n) is 8.65. The lowest BCUT2D eigenvalue weighted by molar-refractivity contribution is -0.0168. The number of nitrogens with one attached hydrogen (secondary N) is 2. The Morgan fingerprint density at radius 3 is 2.16 bits per heavy atom. The fourth-order valence-electron chi connectivity index (χ4n) is 5.86. The number of fused-ring (bicyclic) bond motifs is 1. The Balaban J connectivity index is 1.11. The predicted octanol–water partition coefficient (Wildman–Crippen LogP) is 2.13. The van der Waals surface area contributed by atoms with E-state index in [4.69, 9.17) is 33.4 Å². The van der Waals surface area contributed by atoms with Gasteiger partial charge in [-0.25, -0.2) is 4.98 Å². The molecule has 1 aliphatic rings. The first kappa shape index (κ1) is 40.6. The molecule has 3 N–H and O–H groups in total. The van der Waals surface area contributed by atoms with Gasteiger partial charge in [-0.15, -0.1) is 0 Å². The van der Waals surface area contributed by atoms with Crippen molar-refractivity contribution in [2.45, 2.75) is 58.2 Å². The van der Waals surface area contributed by atoms with E-state index in [1.165, 1.54) is 0 Å². The van der Waals surface area contributed by atoms with Gasteiger partial charge in [-0.3, -0.25) is 4.79 Å². The molecule has 4 rings (SSSR count). The van der Waals surface area contributed by atoms with E-state index in [-0.39, 0.29) is 18.2 Å². The summed E-state index contributed by atoms with van der Waals surface area (Å²) in [5.74, 6) is 1.74. The summed E-state index contributed by atoms with van der Waals surface area (Å²) >= 11 is 0. The molecule has 1 fully saturated rings. The third-order valence-corrected chi connectivity index (χ3v) is 8.65. The summed E-state index contributed by atoms with van der Waals surface area (Å²) in [6.07, 6.45) is 8.62. The van der Waals surface area contributed by atoms with Gasteiger partial charge in [0, 0.05) is 62.7 Å². The molecule has 1 unspecified atom stereocenters. The van der Waals surface area contributed by atoms with Crippen LogP contribution in [0.4, 0.5) is 11.6 Å². The molecule has 0 aromatic carbocycles. The molecular formula is C36H59N7O8. The molecule has 0 bridgehead atoms. The first-order valence-electron chi connectivity index (χ1n) is 18.4. The number of aromatic nitrogens is 4. The van der Waals surface area contributed by atoms with Crippen molar-refractivity contribution in [3.05, 3.63) is 52.1 Å². The number of ether oxygens (including phenoxy) is 6. The molecule has 0 spiro atoms. The van der Waals surface area contributed by atoms with Gasteiger partial charge in [-0.2, -0.15) is 9.61 Å². The monoisotopic (exact) mass is 717 g/mol. The molecule has 3 aromatic rings. The zero-order valence-corrected chi connectivity index (χ0v) is 30.6. The number of nitrogens with zero attached hydrogens (tertiary/aromatic N) is 5. The fraction of sp³-hybridized carbons (Fsp3) is 0.694. The molecule has 4 heterocycles. The van der Waals surface area contributed by atoms with Crippen molar-refractivity contribution in [2.24, 2.45) is 0 Å². The quantitative estimate of drug-likeness (QED) is 0.0941. The van der Waals surface area contributed by atoms with Gasteiger partial charge in [0.05, 0.1) is 85.5 Å². The second kappa shape index (κ2) is 24.2. The molecule has 1 aliphatic heterocycles. The SMILES string of the molecule is CCc1cnn2c(NCc3ccc(=O)n(CCOCCOCCOCCOCCOCCOCCNC)c3)cc(N3CCCCC3CCO)nc12. The Morgan fingerprint density at radius 2 is 1.53 bits per heavy atom. The number of aliphatic hydroxyl groups is 1. The van der Waals surface area contributed by atoms with Gasteiger partial charge in [0.1, 0.15) is 11.6 Å². The molecule has 1 saturated heterocycles. The van der Waals surface area contributed by atoms with Crippen LogP contribution in [-0.2, 0) is 47.9 Å². The van der Waals surface area contributed by atoms with Crippen molar-refractivity contribution in [2.75, 3.05) is 116 Å². The van der Waals surface area contributed by atoms with Crippen LogP contribution in [0, 0.1) is 0 Å². The van der Waals surface area contributed by atoms with Crippen molar-refractivity contribution in [3.8, 4) is 0 Å². The molecule has 15 heteroatoms. The maximum atomic E-state index is 12.6. The molecule has 286 valence electrons. The third kappa shape index (κ3) is 14.1. The molecule has 0 saturated carbocycles. The predicted molar refractivity (Wildman–Crippen MR) is 196 cm³/mol. The second-order valence-corrected chi connectivity index (χ2v) is 12.3. The van der Waals surface area contributed by atoms with Crippen molar-refractivity contribution in [1.29, 1.82) is 0 Å². The number of pyridine rings is 1. The topological polar surface area (TPSA) is 155 Å². The van der Waals surface area contributed by atoms with Gasteiger partial charge in [0.2, 0.25) is 0 Å². The molecule has 51 heavy (non-hydrogen) atoms. The lowest BCUT2D eigenvalue weighted by atomic mass is 9.99. The van der Waals surface area contributed by atoms with E-state index in [1.54, 1.807) is 10.6 Å². The highest BCUT2D eigenvalue weighted by atomic mass is 16.6. The van der Waals surface area contributed by atoms with E-state index in [2.05, 4.69) is 27.6 Å². The second-order valence-electron chi connectivity index (χ2n) is 12.3. The summed E-state index contributed by atoms with van der Waals surface area (Å²) in [5, 5.41) is 20.9. The van der Waals surface area contributed by atoms with Crippen LogP contribution in [0.3, 0.4) is 0 Å². The van der Waals surface area contributed by atoms with Gasteiger partial charge in [-0.05, 0) is 44.7 Å². The highest BCUT2D eigenvalue weighted by Gasteiger charge is 2.25. The number of aryl methyl sites for hydroxylation is 1. The van der Waals surface area contributed by atoms with Gasteiger partial charge >= 0.3 is 0 Å². The maximum absolute atomic E-state index is 12.6. The molecule has 0 amide bonds. The van der Waals surface area contributed by atoms with Crippen LogP contribution in [0.25, 0.3) is 5.65 Å². The smallest absolute Gasteiger partial charge is 0.250 e. The van der Waals surface area contributed by atoms with E-state index in [1.807, 2.05) is 36.1 Å². The van der Waals surface area contributed by atoms with Gasteiger partial charge < -0.3 is 53.6 Å². The number of aliphatic hydroxyl groups excluding tert-OH is 1. The summed E-state index contributed by atoms with van der Waals surface area (Å²) in [6.45, 7) is 11.1. The lowest BCUT2D eigenvalue weighted by Crippen LogP contribution is -2.40. The molecule has 1 atom stereocenters. The Kier molecular flexibility index (Phi) is 19.2. The normalized spacial score (nSPS) is 14.9. The Hall–Kier alpha value is -3.15. The summed E-state index contributed by atoms with van der Waals surface area (Å²) in [6, 6.07) is 5.75. The number of piperidine rings is 1. The highest BCUT2D eigenvalue weighted by Crippen LogP contribution is 2.29. The summed E-state index contributed by atoms with van der Waals surface area (Å²) in [5.41, 5.74) is 2.81. The van der Waals surface area contributed by atoms with E-state index < -0.39 is 0 Å². The van der Waals surface area contributed by atoms with E-state index in [9.17, 15) is 9.90 Å². The average molecular weight is 718 g/mol. The average Bonchev–Trinajstić information content (AvgIpc) is 3.57. The van der Waals surface area contributed by atoms with Gasteiger partial charge in [-0.1, -0.05) is 13.0 Å². The van der Waals surface area contributed by atoms with Crippen molar-refractivity contribution in [1.82, 2.24) is 24.5 Å². The van der Waals surface area contributed by atoms with Crippen LogP contribution < -0.4 is 21.1 Å². The van der Waals surface area contributed by atoms with Crippen LogP contribution in [-0.4, -0.2) is 136 Å². The van der Waals surface area contributed by atoms with Crippen LogP contribution in [0.15, 0.2) is 35.4 Å². The number of hydrogen-bond donors (Lipinski definition) is 3. The van der Waals surface area contributed by atoms with Crippen LogP contribution >= 0.6 is 0 Å². The number of likely N-dealkylation sites (N-methyl/N-ethyl adjacent to an activating group) is 1. The van der Waals surface area contributed by atoms with Crippen molar-refractivity contribution < 1.29 is 33.5 Å². The largest absolute Gasteiger partial charge is 0.396 e. The highest BCUT2D eigenvalue weighted by molar-refractivity contribution is 5.61. The standard InChI is InChI=1S/C36H59N7O8/c1-3-31-28-39-43-33(26-34(40-36(31)43)42-11-5-4-6-32(42)9-13-44)38-27-30-7-8-35(45)41(29-30)12-15-47-17-19-49-21-23-51-25-24-50-22-20-48-18-16-46-14-10-37-2/h7-8,26,28-29,32,37-38,44H,3-6,9-25,27H2,1-2H3. The number of rotatable bonds is 28. The Labute approximate surface area is 301 Å². The van der Waals surface area contributed by atoms with Crippen LogP contribution in [0.5, 0.6) is 0 Å². The van der Waals surface area contributed by atoms with Gasteiger partial charge in [0.25, 0.3) is 5.56 Å². The van der Waals surface area contributed by atoms with E-state index >= 15 is 0 Å². The minimum absolute atomic E-state index is 0.0779. The first-order chi connectivity index (χ1) is 25.1. The van der Waals surface area contributed by atoms with Gasteiger partial charge in [0.15, 0.2) is 5.65 Å². The van der Waals surface area contributed by atoms with Crippen LogP contribution in [0.2, 0.25) is 0 Å².